The van der Waals surface area contributed by atoms with Crippen LogP contribution in [0.4, 0.5) is 14.5 Å². The molecule has 6 nitrogen and oxygen atoms in total. The molecule has 2 aliphatic rings. The molecule has 0 bridgehead atoms. The third-order valence-corrected chi connectivity index (χ3v) is 5.33. The van der Waals surface area contributed by atoms with Crippen molar-refractivity contribution in [3.05, 3.63) is 36.5 Å². The van der Waals surface area contributed by atoms with Gasteiger partial charge in [0.15, 0.2) is 0 Å². The molecule has 0 saturated carbocycles. The lowest BCUT2D eigenvalue weighted by atomic mass is 10.2. The number of nitrogens with one attached hydrogen (secondary N) is 1. The minimum atomic E-state index is -2.98. The van der Waals surface area contributed by atoms with E-state index < -0.39 is 30.8 Å². The molecule has 1 aromatic carbocycles. The molecular formula is C20H21F2N5O. The van der Waals surface area contributed by atoms with Crippen molar-refractivity contribution in [1.82, 2.24) is 14.8 Å². The topological polar surface area (TPSA) is 72.3 Å². The quantitative estimate of drug-likeness (QED) is 0.876. The van der Waals surface area contributed by atoms with Crippen molar-refractivity contribution in [3.63, 3.8) is 0 Å². The van der Waals surface area contributed by atoms with E-state index in [-0.39, 0.29) is 12.6 Å². The van der Waals surface area contributed by atoms with Crippen LogP contribution in [0, 0.1) is 11.3 Å². The maximum atomic E-state index is 13.5. The molecule has 8 heteroatoms. The van der Waals surface area contributed by atoms with Crippen LogP contribution in [-0.2, 0) is 4.79 Å². The maximum absolute atomic E-state index is 13.5. The van der Waals surface area contributed by atoms with Gasteiger partial charge in [-0.05, 0) is 18.6 Å². The highest BCUT2D eigenvalue weighted by molar-refractivity contribution is 5.81. The predicted octanol–water partition coefficient (Wildman–Crippen LogP) is 2.48. The number of hydrogen-bond acceptors (Lipinski definition) is 5. The number of alkyl halides is 2. The van der Waals surface area contributed by atoms with Gasteiger partial charge in [0.05, 0.1) is 36.6 Å². The summed E-state index contributed by atoms with van der Waals surface area (Å²) < 4.78 is 27.1. The van der Waals surface area contributed by atoms with Crippen LogP contribution in [0.15, 0.2) is 36.5 Å². The Morgan fingerprint density at radius 2 is 2.21 bits per heavy atom. The number of nitrogens with zero attached hydrogens (tertiary/aromatic N) is 4. The molecule has 0 spiro atoms. The Morgan fingerprint density at radius 3 is 3.04 bits per heavy atom. The predicted molar refractivity (Wildman–Crippen MR) is 101 cm³/mol. The molecule has 4 rings (SSSR count). The number of likely N-dealkylation sites (tertiary alicyclic amines) is 2. The fraction of sp³-hybridized carbons (Fsp3) is 0.450. The van der Waals surface area contributed by atoms with Gasteiger partial charge >= 0.3 is 0 Å². The number of hydrogen-bond donors (Lipinski definition) is 1. The Bertz CT molecular complexity index is 928. The number of amides is 1. The number of fused-ring (bicyclic) bond motifs is 1. The fourth-order valence-electron chi connectivity index (χ4n) is 3.96. The standard InChI is InChI=1S/C20H21F2N5O/c21-20(22)8-17(9-23)27(13-20)19(28)12-26-6-5-15(11-26)25-16-7-14-3-1-2-4-18(14)24-10-16/h1-4,7,10,15,17,25H,5-6,8,11-13H2/t15-,17-/m0/s1. The van der Waals surface area contributed by atoms with Crippen LogP contribution in [0.1, 0.15) is 12.8 Å². The van der Waals surface area contributed by atoms with Crippen molar-refractivity contribution in [1.29, 1.82) is 5.26 Å². The molecule has 2 saturated heterocycles. The van der Waals surface area contributed by atoms with Gasteiger partial charge < -0.3 is 10.2 Å². The van der Waals surface area contributed by atoms with Gasteiger partial charge in [-0.15, -0.1) is 0 Å². The highest BCUT2D eigenvalue weighted by Gasteiger charge is 2.47. The molecule has 0 aliphatic carbocycles. The van der Waals surface area contributed by atoms with Crippen LogP contribution in [0.25, 0.3) is 10.9 Å². The molecular weight excluding hydrogens is 364 g/mol. The van der Waals surface area contributed by atoms with Gasteiger partial charge in [-0.1, -0.05) is 18.2 Å². The lowest BCUT2D eigenvalue weighted by molar-refractivity contribution is -0.133. The fourth-order valence-corrected chi connectivity index (χ4v) is 3.96. The number of rotatable bonds is 4. The molecule has 1 N–H and O–H groups in total. The second-order valence-corrected chi connectivity index (χ2v) is 7.51. The van der Waals surface area contributed by atoms with Crippen molar-refractivity contribution < 1.29 is 13.6 Å². The molecule has 146 valence electrons. The molecule has 2 aliphatic heterocycles. The van der Waals surface area contributed by atoms with Crippen molar-refractivity contribution in [2.75, 3.05) is 31.5 Å². The summed E-state index contributed by atoms with van der Waals surface area (Å²) in [6.07, 6.45) is 2.06. The van der Waals surface area contributed by atoms with E-state index in [9.17, 15) is 13.6 Å². The normalized spacial score (nSPS) is 24.4. The summed E-state index contributed by atoms with van der Waals surface area (Å²) in [5.41, 5.74) is 1.85. The van der Waals surface area contributed by atoms with Crippen molar-refractivity contribution >= 4 is 22.5 Å². The summed E-state index contributed by atoms with van der Waals surface area (Å²) in [6, 6.07) is 10.8. The van der Waals surface area contributed by atoms with E-state index in [0.717, 1.165) is 27.9 Å². The summed E-state index contributed by atoms with van der Waals surface area (Å²) >= 11 is 0. The Labute approximate surface area is 161 Å². The van der Waals surface area contributed by atoms with Gasteiger partial charge in [-0.2, -0.15) is 5.26 Å². The number of nitriles is 1. The minimum Gasteiger partial charge on any atom is -0.380 e. The largest absolute Gasteiger partial charge is 0.380 e. The maximum Gasteiger partial charge on any atom is 0.268 e. The lowest BCUT2D eigenvalue weighted by Gasteiger charge is -2.23. The van der Waals surface area contributed by atoms with Gasteiger partial charge in [0, 0.05) is 30.9 Å². The van der Waals surface area contributed by atoms with Crippen LogP contribution in [0.5, 0.6) is 0 Å². The van der Waals surface area contributed by atoms with E-state index >= 15 is 0 Å². The second-order valence-electron chi connectivity index (χ2n) is 7.51. The summed E-state index contributed by atoms with van der Waals surface area (Å²) in [4.78, 5) is 19.8. The van der Waals surface area contributed by atoms with Crippen LogP contribution in [0.3, 0.4) is 0 Å². The van der Waals surface area contributed by atoms with Crippen molar-refractivity contribution in [2.45, 2.75) is 30.8 Å². The van der Waals surface area contributed by atoms with Gasteiger partial charge in [0.25, 0.3) is 5.92 Å². The molecule has 3 heterocycles. The second kappa shape index (κ2) is 7.32. The minimum absolute atomic E-state index is 0.0579. The summed E-state index contributed by atoms with van der Waals surface area (Å²) in [5, 5.41) is 13.5. The summed E-state index contributed by atoms with van der Waals surface area (Å²) in [6.45, 7) is 0.733. The first kappa shape index (κ1) is 18.6. The van der Waals surface area contributed by atoms with Gasteiger partial charge in [0.1, 0.15) is 6.04 Å². The Hall–Kier alpha value is -2.79. The molecule has 2 fully saturated rings. The van der Waals surface area contributed by atoms with Gasteiger partial charge in [0.2, 0.25) is 5.91 Å². The number of carbonyl (C=O) groups excluding carboxylic acids is 1. The average Bonchev–Trinajstić information content (AvgIpc) is 3.24. The Kier molecular flexibility index (Phi) is 4.85. The van der Waals surface area contributed by atoms with Crippen molar-refractivity contribution in [2.24, 2.45) is 0 Å². The number of anilines is 1. The number of para-hydroxylation sites is 1. The summed E-state index contributed by atoms with van der Waals surface area (Å²) in [5.74, 6) is -3.38. The van der Waals surface area contributed by atoms with Gasteiger partial charge in [-0.3, -0.25) is 14.7 Å². The number of benzene rings is 1. The smallest absolute Gasteiger partial charge is 0.268 e. The summed E-state index contributed by atoms with van der Waals surface area (Å²) in [7, 11) is 0. The first-order valence-corrected chi connectivity index (χ1v) is 9.34. The zero-order chi connectivity index (χ0) is 19.7. The highest BCUT2D eigenvalue weighted by atomic mass is 19.3. The van der Waals surface area contributed by atoms with E-state index in [2.05, 4.69) is 10.3 Å². The van der Waals surface area contributed by atoms with E-state index in [4.69, 9.17) is 5.26 Å². The Morgan fingerprint density at radius 1 is 1.39 bits per heavy atom. The Balaban J connectivity index is 1.34. The SMILES string of the molecule is N#C[C@@H]1CC(F)(F)CN1C(=O)CN1CC[C@H](Nc2cnc3ccccc3c2)C1. The molecule has 0 radical (unpaired) electrons. The lowest BCUT2D eigenvalue weighted by Crippen LogP contribution is -2.43. The van der Waals surface area contributed by atoms with Crippen LogP contribution in [0.2, 0.25) is 0 Å². The van der Waals surface area contributed by atoms with Crippen LogP contribution >= 0.6 is 0 Å². The number of carbonyl (C=O) groups is 1. The molecule has 0 unspecified atom stereocenters. The average molecular weight is 385 g/mol. The zero-order valence-corrected chi connectivity index (χ0v) is 15.3. The third kappa shape index (κ3) is 3.90. The van der Waals surface area contributed by atoms with Crippen LogP contribution in [-0.4, -0.2) is 64.9 Å². The van der Waals surface area contributed by atoms with Crippen molar-refractivity contribution in [3.8, 4) is 6.07 Å². The molecule has 2 atom stereocenters. The van der Waals surface area contributed by atoms with E-state index in [1.165, 1.54) is 0 Å². The highest BCUT2D eigenvalue weighted by Crippen LogP contribution is 2.32. The third-order valence-electron chi connectivity index (χ3n) is 5.33. The monoisotopic (exact) mass is 385 g/mol. The number of halogens is 2. The number of aromatic nitrogens is 1. The van der Waals surface area contributed by atoms with E-state index in [1.54, 1.807) is 6.20 Å². The van der Waals surface area contributed by atoms with E-state index in [1.807, 2.05) is 41.3 Å². The molecule has 1 amide bonds. The van der Waals surface area contributed by atoms with Gasteiger partial charge in [-0.25, -0.2) is 8.78 Å². The number of pyridine rings is 1. The first-order valence-electron chi connectivity index (χ1n) is 9.34. The van der Waals surface area contributed by atoms with E-state index in [0.29, 0.717) is 13.1 Å². The molecule has 28 heavy (non-hydrogen) atoms. The molecule has 2 aromatic rings. The first-order chi connectivity index (χ1) is 13.4. The zero-order valence-electron chi connectivity index (χ0n) is 15.3. The molecule has 1 aromatic heterocycles. The van der Waals surface area contributed by atoms with Crippen LogP contribution < -0.4 is 5.32 Å².